The molecule has 3 heteroatoms. The number of carbonyl (C=O) groups is 1. The molecular weight excluding hydrogens is 120 g/mol. The zero-order valence-corrected chi connectivity index (χ0v) is 5.59. The van der Waals surface area contributed by atoms with Crippen LogP contribution in [-0.2, 0) is 14.6 Å². The normalized spacial score (nSPS) is 9.56. The Morgan fingerprint density at radius 3 is 2.78 bits per heavy atom. The molecule has 0 heterocycles. The Morgan fingerprint density at radius 1 is 1.67 bits per heavy atom. The van der Waals surface area contributed by atoms with Gasteiger partial charge in [-0.2, -0.15) is 0 Å². The SMILES string of the molecule is CCC=COOC(C)=O. The van der Waals surface area contributed by atoms with E-state index in [1.165, 1.54) is 13.2 Å². The standard InChI is InChI=1S/C6H10O3/c1-3-4-5-8-9-6(2)7/h4-5H,3H2,1-2H3. The summed E-state index contributed by atoms with van der Waals surface area (Å²) < 4.78 is 0. The fourth-order valence-electron chi connectivity index (χ4n) is 0.231. The number of carbonyl (C=O) groups excluding carboxylic acids is 1. The van der Waals surface area contributed by atoms with Gasteiger partial charge in [0.25, 0.3) is 0 Å². The first kappa shape index (κ1) is 8.01. The van der Waals surface area contributed by atoms with Crippen molar-refractivity contribution in [3.05, 3.63) is 12.3 Å². The molecule has 0 spiro atoms. The smallest absolute Gasteiger partial charge is 0.295 e. The van der Waals surface area contributed by atoms with Crippen LogP contribution in [0.3, 0.4) is 0 Å². The van der Waals surface area contributed by atoms with Crippen LogP contribution >= 0.6 is 0 Å². The quantitative estimate of drug-likeness (QED) is 0.329. The lowest BCUT2D eigenvalue weighted by Gasteiger charge is -1.92. The van der Waals surface area contributed by atoms with E-state index in [1.807, 2.05) is 6.92 Å². The molecule has 0 aromatic heterocycles. The summed E-state index contributed by atoms with van der Waals surface area (Å²) >= 11 is 0. The van der Waals surface area contributed by atoms with Crippen LogP contribution < -0.4 is 0 Å². The predicted octanol–water partition coefficient (Wildman–Crippen LogP) is 1.40. The van der Waals surface area contributed by atoms with Crippen molar-refractivity contribution in [2.24, 2.45) is 0 Å². The average Bonchev–Trinajstić information content (AvgIpc) is 1.80. The molecule has 0 unspecified atom stereocenters. The van der Waals surface area contributed by atoms with Crippen LogP contribution in [0.2, 0.25) is 0 Å². The van der Waals surface area contributed by atoms with E-state index < -0.39 is 5.97 Å². The number of hydrogen-bond acceptors (Lipinski definition) is 3. The van der Waals surface area contributed by atoms with Gasteiger partial charge in [-0.3, -0.25) is 9.78 Å². The number of hydrogen-bond donors (Lipinski definition) is 0. The second-order valence-corrected chi connectivity index (χ2v) is 1.45. The lowest BCUT2D eigenvalue weighted by atomic mass is 10.5. The van der Waals surface area contributed by atoms with E-state index in [0.717, 1.165) is 6.42 Å². The summed E-state index contributed by atoms with van der Waals surface area (Å²) in [7, 11) is 0. The second-order valence-electron chi connectivity index (χ2n) is 1.45. The van der Waals surface area contributed by atoms with E-state index in [0.29, 0.717) is 0 Å². The molecule has 0 aliphatic heterocycles. The van der Waals surface area contributed by atoms with Gasteiger partial charge in [0.15, 0.2) is 0 Å². The van der Waals surface area contributed by atoms with Crippen molar-refractivity contribution in [2.75, 3.05) is 0 Å². The van der Waals surface area contributed by atoms with Crippen molar-refractivity contribution < 1.29 is 14.6 Å². The van der Waals surface area contributed by atoms with Crippen molar-refractivity contribution in [3.8, 4) is 0 Å². The maximum absolute atomic E-state index is 10.0. The van der Waals surface area contributed by atoms with Crippen LogP contribution in [0.15, 0.2) is 12.3 Å². The molecule has 0 N–H and O–H groups in total. The van der Waals surface area contributed by atoms with E-state index in [4.69, 9.17) is 0 Å². The summed E-state index contributed by atoms with van der Waals surface area (Å²) in [5.74, 6) is -0.448. The van der Waals surface area contributed by atoms with E-state index in [2.05, 4.69) is 9.78 Å². The van der Waals surface area contributed by atoms with Crippen LogP contribution in [-0.4, -0.2) is 5.97 Å². The van der Waals surface area contributed by atoms with Gasteiger partial charge in [-0.15, -0.1) is 0 Å². The molecule has 3 nitrogen and oxygen atoms in total. The van der Waals surface area contributed by atoms with Crippen molar-refractivity contribution in [2.45, 2.75) is 20.3 Å². The van der Waals surface area contributed by atoms with Gasteiger partial charge in [-0.05, 0) is 12.5 Å². The largest absolute Gasteiger partial charge is 0.352 e. The molecule has 0 saturated heterocycles. The van der Waals surface area contributed by atoms with Gasteiger partial charge in [-0.1, -0.05) is 6.92 Å². The highest BCUT2D eigenvalue weighted by Crippen LogP contribution is 1.83. The van der Waals surface area contributed by atoms with Crippen molar-refractivity contribution >= 4 is 5.97 Å². The number of rotatable bonds is 3. The summed E-state index contributed by atoms with van der Waals surface area (Å²) in [5, 5.41) is 0. The lowest BCUT2D eigenvalue weighted by molar-refractivity contribution is -0.235. The van der Waals surface area contributed by atoms with E-state index >= 15 is 0 Å². The van der Waals surface area contributed by atoms with Crippen molar-refractivity contribution in [1.82, 2.24) is 0 Å². The maximum Gasteiger partial charge on any atom is 0.352 e. The first-order valence-electron chi connectivity index (χ1n) is 2.76. The Bertz CT molecular complexity index is 107. The highest BCUT2D eigenvalue weighted by Gasteiger charge is 1.86. The van der Waals surface area contributed by atoms with Crippen molar-refractivity contribution in [3.63, 3.8) is 0 Å². The molecule has 9 heavy (non-hydrogen) atoms. The Hall–Kier alpha value is -0.990. The van der Waals surface area contributed by atoms with Crippen LogP contribution in [0, 0.1) is 0 Å². The van der Waals surface area contributed by atoms with E-state index in [1.54, 1.807) is 6.08 Å². The molecule has 0 aromatic carbocycles. The second kappa shape index (κ2) is 5.15. The Morgan fingerprint density at radius 2 is 2.33 bits per heavy atom. The van der Waals surface area contributed by atoms with Crippen molar-refractivity contribution in [1.29, 1.82) is 0 Å². The summed E-state index contributed by atoms with van der Waals surface area (Å²) in [5.41, 5.74) is 0. The first-order chi connectivity index (χ1) is 4.27. The minimum atomic E-state index is -0.448. The molecule has 0 fully saturated rings. The van der Waals surface area contributed by atoms with Crippen LogP contribution in [0.4, 0.5) is 0 Å². The fraction of sp³-hybridized carbons (Fsp3) is 0.500. The summed E-state index contributed by atoms with van der Waals surface area (Å²) in [6.45, 7) is 3.23. The van der Waals surface area contributed by atoms with Crippen LogP contribution in [0.1, 0.15) is 20.3 Å². The van der Waals surface area contributed by atoms with Gasteiger partial charge in [0.2, 0.25) is 0 Å². The summed E-state index contributed by atoms with van der Waals surface area (Å²) in [6, 6.07) is 0. The average molecular weight is 130 g/mol. The molecule has 0 aliphatic rings. The van der Waals surface area contributed by atoms with Gasteiger partial charge >= 0.3 is 5.97 Å². The monoisotopic (exact) mass is 130 g/mol. The highest BCUT2D eigenvalue weighted by atomic mass is 17.2. The van der Waals surface area contributed by atoms with Crippen LogP contribution in [0.5, 0.6) is 0 Å². The topological polar surface area (TPSA) is 35.5 Å². The van der Waals surface area contributed by atoms with E-state index in [-0.39, 0.29) is 0 Å². The maximum atomic E-state index is 10.0. The van der Waals surface area contributed by atoms with Gasteiger partial charge in [0, 0.05) is 6.92 Å². The Balaban J connectivity index is 3.09. The Kier molecular flexibility index (Phi) is 4.59. The molecule has 0 aromatic rings. The Labute approximate surface area is 54.2 Å². The molecule has 0 rings (SSSR count). The van der Waals surface area contributed by atoms with Crippen LogP contribution in [0.25, 0.3) is 0 Å². The molecule has 0 saturated carbocycles. The minimum absolute atomic E-state index is 0.448. The van der Waals surface area contributed by atoms with Gasteiger partial charge in [0.05, 0.1) is 0 Å². The highest BCUT2D eigenvalue weighted by molar-refractivity contribution is 5.65. The zero-order chi connectivity index (χ0) is 7.11. The zero-order valence-electron chi connectivity index (χ0n) is 5.59. The molecule has 0 amide bonds. The summed E-state index contributed by atoms with van der Waals surface area (Å²) in [6.07, 6.45) is 3.94. The molecule has 0 bridgehead atoms. The molecule has 0 aliphatic carbocycles. The molecule has 0 atom stereocenters. The molecule has 0 radical (unpaired) electrons. The van der Waals surface area contributed by atoms with Gasteiger partial charge in [-0.25, -0.2) is 4.79 Å². The van der Waals surface area contributed by atoms with Gasteiger partial charge in [0.1, 0.15) is 6.26 Å². The summed E-state index contributed by atoms with van der Waals surface area (Å²) in [4.78, 5) is 18.4. The minimum Gasteiger partial charge on any atom is -0.295 e. The van der Waals surface area contributed by atoms with E-state index in [9.17, 15) is 4.79 Å². The van der Waals surface area contributed by atoms with Gasteiger partial charge < -0.3 is 0 Å². The molecular formula is C6H10O3. The third-order valence-corrected chi connectivity index (χ3v) is 0.553. The first-order valence-corrected chi connectivity index (χ1v) is 2.76. The third-order valence-electron chi connectivity index (χ3n) is 0.553. The third kappa shape index (κ3) is 7.01. The predicted molar refractivity (Wildman–Crippen MR) is 32.3 cm³/mol. The number of allylic oxidation sites excluding steroid dienone is 1. The molecule has 52 valence electrons. The lowest BCUT2D eigenvalue weighted by Crippen LogP contribution is -1.94. The fourth-order valence-corrected chi connectivity index (χ4v) is 0.231.